The maximum Gasteiger partial charge on any atom is 0.367 e. The van der Waals surface area contributed by atoms with E-state index in [1.807, 2.05) is 0 Å². The van der Waals surface area contributed by atoms with Gasteiger partial charge in [-0.1, -0.05) is 0 Å². The summed E-state index contributed by atoms with van der Waals surface area (Å²) in [6, 6.07) is 0. The number of ether oxygens (including phenoxy) is 1. The average Bonchev–Trinajstić information content (AvgIpc) is 1.98. The molecule has 0 aromatic heterocycles. The van der Waals surface area contributed by atoms with Gasteiger partial charge in [-0.15, -0.1) is 0 Å². The number of rotatable bonds is 3. The number of hydrogen-bond acceptors (Lipinski definition) is 3. The lowest BCUT2D eigenvalue weighted by Gasteiger charge is -2.00. The molecule has 0 aromatic rings. The lowest BCUT2D eigenvalue weighted by molar-refractivity contribution is -0.141. The molecule has 0 amide bonds. The molecular weight excluding hydrogens is 151 g/mol. The molecule has 3 nitrogen and oxygen atoms in total. The monoisotopic (exact) mass is 162 g/mol. The third-order valence-electron chi connectivity index (χ3n) is 0.943. The van der Waals surface area contributed by atoms with Crippen LogP contribution in [0.5, 0.6) is 0 Å². The number of hydrogen-bond donors (Lipinski definition) is 1. The Kier molecular flexibility index (Phi) is 4.45. The zero-order chi connectivity index (χ0) is 8.85. The number of allylic oxidation sites excluding steroid dienone is 1. The van der Waals surface area contributed by atoms with Crippen molar-refractivity contribution >= 4 is 5.97 Å². The lowest BCUT2D eigenvalue weighted by Crippen LogP contribution is -2.09. The molecule has 0 heterocycles. The highest BCUT2D eigenvalue weighted by Crippen LogP contribution is 2.06. The van der Waals surface area contributed by atoms with Crippen LogP contribution in [0.25, 0.3) is 0 Å². The maximum atomic E-state index is 12.6. The number of aliphatic hydroxyl groups is 1. The van der Waals surface area contributed by atoms with E-state index in [1.54, 1.807) is 0 Å². The Morgan fingerprint density at radius 2 is 2.09 bits per heavy atom. The van der Waals surface area contributed by atoms with Gasteiger partial charge in [0.05, 0.1) is 6.61 Å². The predicted octanol–water partition coefficient (Wildman–Crippen LogP) is 0.785. The fourth-order valence-corrected chi connectivity index (χ4v) is 0.406. The van der Waals surface area contributed by atoms with Crippen molar-refractivity contribution in [3.05, 3.63) is 11.4 Å². The zero-order valence-corrected chi connectivity index (χ0v) is 6.56. The summed E-state index contributed by atoms with van der Waals surface area (Å²) in [5.41, 5.74) is 0.271. The molecular formula is C7H11FO3. The van der Waals surface area contributed by atoms with Crippen LogP contribution in [0, 0.1) is 0 Å². The Hall–Kier alpha value is -0.900. The van der Waals surface area contributed by atoms with Gasteiger partial charge in [0.2, 0.25) is 5.83 Å². The molecule has 0 aliphatic carbocycles. The van der Waals surface area contributed by atoms with Gasteiger partial charge in [-0.2, -0.15) is 4.39 Å². The van der Waals surface area contributed by atoms with Crippen molar-refractivity contribution in [3.63, 3.8) is 0 Å². The lowest BCUT2D eigenvalue weighted by atomic mass is 10.3. The largest absolute Gasteiger partial charge is 0.458 e. The van der Waals surface area contributed by atoms with Gasteiger partial charge in [-0.3, -0.25) is 0 Å². The van der Waals surface area contributed by atoms with Crippen molar-refractivity contribution in [2.45, 2.75) is 13.8 Å². The molecule has 11 heavy (non-hydrogen) atoms. The summed E-state index contributed by atoms with van der Waals surface area (Å²) in [6.07, 6.45) is 0. The number of carbonyl (C=O) groups is 1. The van der Waals surface area contributed by atoms with E-state index in [9.17, 15) is 9.18 Å². The van der Waals surface area contributed by atoms with Gasteiger partial charge >= 0.3 is 5.97 Å². The SMILES string of the molecule is CC(C)=C(F)C(=O)OCCO. The Morgan fingerprint density at radius 1 is 1.55 bits per heavy atom. The molecule has 0 radical (unpaired) electrons. The van der Waals surface area contributed by atoms with Crippen LogP contribution in [0.2, 0.25) is 0 Å². The van der Waals surface area contributed by atoms with Crippen LogP contribution in [0.15, 0.2) is 11.4 Å². The zero-order valence-electron chi connectivity index (χ0n) is 6.56. The molecule has 64 valence electrons. The van der Waals surface area contributed by atoms with Crippen molar-refractivity contribution in [1.29, 1.82) is 0 Å². The Balaban J connectivity index is 3.95. The van der Waals surface area contributed by atoms with Crippen LogP contribution in [-0.2, 0) is 9.53 Å². The molecule has 0 atom stereocenters. The first-order chi connectivity index (χ1) is 5.09. The van der Waals surface area contributed by atoms with Gasteiger partial charge in [-0.05, 0) is 19.4 Å². The summed E-state index contributed by atoms with van der Waals surface area (Å²) in [4.78, 5) is 10.6. The van der Waals surface area contributed by atoms with Crippen molar-refractivity contribution < 1.29 is 19.0 Å². The first kappa shape index (κ1) is 10.1. The Bertz CT molecular complexity index is 171. The summed E-state index contributed by atoms with van der Waals surface area (Å²) < 4.78 is 16.9. The van der Waals surface area contributed by atoms with E-state index in [2.05, 4.69) is 4.74 Å². The van der Waals surface area contributed by atoms with Crippen LogP contribution in [0.4, 0.5) is 4.39 Å². The van der Waals surface area contributed by atoms with Crippen LogP contribution < -0.4 is 0 Å². The van der Waals surface area contributed by atoms with Crippen molar-refractivity contribution in [1.82, 2.24) is 0 Å². The van der Waals surface area contributed by atoms with Crippen LogP contribution in [0.1, 0.15) is 13.8 Å². The standard InChI is InChI=1S/C7H11FO3/c1-5(2)6(8)7(10)11-4-3-9/h9H,3-4H2,1-2H3. The third-order valence-corrected chi connectivity index (χ3v) is 0.943. The third kappa shape index (κ3) is 3.72. The minimum absolute atomic E-state index is 0.167. The first-order valence-corrected chi connectivity index (χ1v) is 3.20. The van der Waals surface area contributed by atoms with Gasteiger partial charge in [-0.25, -0.2) is 4.79 Å². The minimum Gasteiger partial charge on any atom is -0.458 e. The van der Waals surface area contributed by atoms with Gasteiger partial charge in [0.15, 0.2) is 0 Å². The molecule has 0 saturated heterocycles. The predicted molar refractivity (Wildman–Crippen MR) is 37.5 cm³/mol. The summed E-state index contributed by atoms with van der Waals surface area (Å²) in [6.45, 7) is 2.48. The number of aliphatic hydroxyl groups excluding tert-OH is 1. The van der Waals surface area contributed by atoms with Crippen molar-refractivity contribution in [2.24, 2.45) is 0 Å². The fourth-order valence-electron chi connectivity index (χ4n) is 0.406. The van der Waals surface area contributed by atoms with Crippen LogP contribution in [0.3, 0.4) is 0 Å². The minimum atomic E-state index is -1.01. The van der Waals surface area contributed by atoms with Gasteiger partial charge in [0, 0.05) is 0 Å². The summed E-state index contributed by atoms with van der Waals surface area (Å²) >= 11 is 0. The van der Waals surface area contributed by atoms with E-state index >= 15 is 0 Å². The van der Waals surface area contributed by atoms with E-state index in [-0.39, 0.29) is 18.8 Å². The highest BCUT2D eigenvalue weighted by molar-refractivity contribution is 5.86. The Labute approximate surface area is 64.5 Å². The van der Waals surface area contributed by atoms with Crippen molar-refractivity contribution in [2.75, 3.05) is 13.2 Å². The average molecular weight is 162 g/mol. The second-order valence-electron chi connectivity index (χ2n) is 2.17. The molecule has 0 bridgehead atoms. The highest BCUT2D eigenvalue weighted by atomic mass is 19.1. The summed E-state index contributed by atoms with van der Waals surface area (Å²) in [5.74, 6) is -1.91. The first-order valence-electron chi connectivity index (χ1n) is 3.20. The summed E-state index contributed by atoms with van der Waals surface area (Å²) in [5, 5.41) is 8.22. The molecule has 0 unspecified atom stereocenters. The van der Waals surface area contributed by atoms with Crippen LogP contribution in [-0.4, -0.2) is 24.3 Å². The topological polar surface area (TPSA) is 46.5 Å². The molecule has 0 aromatic carbocycles. The van der Waals surface area contributed by atoms with E-state index in [4.69, 9.17) is 5.11 Å². The second kappa shape index (κ2) is 4.85. The molecule has 0 fully saturated rings. The summed E-state index contributed by atoms with van der Waals surface area (Å²) in [7, 11) is 0. The highest BCUT2D eigenvalue weighted by Gasteiger charge is 2.10. The van der Waals surface area contributed by atoms with Crippen molar-refractivity contribution in [3.8, 4) is 0 Å². The quantitative estimate of drug-likeness (QED) is 0.493. The number of halogens is 1. The van der Waals surface area contributed by atoms with E-state index in [1.165, 1.54) is 13.8 Å². The van der Waals surface area contributed by atoms with E-state index < -0.39 is 11.8 Å². The molecule has 4 heteroatoms. The fraction of sp³-hybridized carbons (Fsp3) is 0.571. The van der Waals surface area contributed by atoms with E-state index in [0.717, 1.165) is 0 Å². The molecule has 0 aliphatic heterocycles. The molecule has 1 N–H and O–H groups in total. The number of carbonyl (C=O) groups excluding carboxylic acids is 1. The van der Waals surface area contributed by atoms with Crippen LogP contribution >= 0.6 is 0 Å². The van der Waals surface area contributed by atoms with Gasteiger partial charge in [0.25, 0.3) is 0 Å². The second-order valence-corrected chi connectivity index (χ2v) is 2.17. The normalized spacial score (nSPS) is 9.09. The Morgan fingerprint density at radius 3 is 2.45 bits per heavy atom. The smallest absolute Gasteiger partial charge is 0.367 e. The van der Waals surface area contributed by atoms with E-state index in [0.29, 0.717) is 0 Å². The van der Waals surface area contributed by atoms with Gasteiger partial charge in [0.1, 0.15) is 6.61 Å². The van der Waals surface area contributed by atoms with Gasteiger partial charge < -0.3 is 9.84 Å². The molecule has 0 saturated carbocycles. The molecule has 0 rings (SSSR count). The number of esters is 1. The maximum absolute atomic E-state index is 12.6. The molecule has 0 aliphatic rings. The molecule has 0 spiro atoms.